The van der Waals surface area contributed by atoms with Crippen LogP contribution in [0.4, 0.5) is 0 Å². The summed E-state index contributed by atoms with van der Waals surface area (Å²) in [6.45, 7) is 0. The van der Waals surface area contributed by atoms with Gasteiger partial charge in [0.15, 0.2) is 0 Å². The molecule has 4 heteroatoms. The summed E-state index contributed by atoms with van der Waals surface area (Å²) in [5.41, 5.74) is 0. The molecule has 0 fully saturated rings. The van der Waals surface area contributed by atoms with Crippen LogP contribution in [-0.2, 0) is 50.8 Å². The molecular formula is HfInOZn. The Labute approximate surface area is 75.5 Å². The fraction of sp³-hybridized carbons (Fsp3) is 0. The van der Waals surface area contributed by atoms with Crippen LogP contribution in [-0.4, -0.2) is 25.8 Å². The molecular weight excluding hydrogens is 375 g/mol. The Morgan fingerprint density at radius 1 is 1.00 bits per heavy atom. The number of rotatable bonds is 0. The zero-order valence-corrected chi connectivity index (χ0v) is 12.0. The molecule has 0 bridgehead atoms. The molecule has 0 atom stereocenters. The van der Waals surface area contributed by atoms with E-state index >= 15 is 0 Å². The van der Waals surface area contributed by atoms with Gasteiger partial charge in [-0.3, -0.25) is 0 Å². The van der Waals surface area contributed by atoms with Gasteiger partial charge in [0.2, 0.25) is 0 Å². The first kappa shape index (κ1) is 33.2. The summed E-state index contributed by atoms with van der Waals surface area (Å²) in [7, 11) is 0. The van der Waals surface area contributed by atoms with Crippen molar-refractivity contribution >= 4 is 25.8 Å². The van der Waals surface area contributed by atoms with Gasteiger partial charge in [-0.15, -0.1) is 0 Å². The standard InChI is InChI=1S/Hf.In.O.Zn/q;;-2;+2. The molecule has 0 aromatic rings. The summed E-state index contributed by atoms with van der Waals surface area (Å²) in [6.07, 6.45) is 0. The van der Waals surface area contributed by atoms with E-state index in [4.69, 9.17) is 0 Å². The summed E-state index contributed by atoms with van der Waals surface area (Å²) in [5.74, 6) is 0. The van der Waals surface area contributed by atoms with Crippen molar-refractivity contribution in [3.63, 3.8) is 0 Å². The Balaban J connectivity index is 0. The van der Waals surface area contributed by atoms with E-state index in [2.05, 4.69) is 0 Å². The van der Waals surface area contributed by atoms with E-state index in [1.54, 1.807) is 0 Å². The van der Waals surface area contributed by atoms with E-state index in [0.717, 1.165) is 0 Å². The Morgan fingerprint density at radius 2 is 1.00 bits per heavy atom. The van der Waals surface area contributed by atoms with E-state index in [-0.39, 0.29) is 76.6 Å². The first-order chi connectivity index (χ1) is 0. The topological polar surface area (TPSA) is 28.5 Å². The molecule has 0 saturated carbocycles. The first-order valence-electron chi connectivity index (χ1n) is 0. The third-order valence-electron chi connectivity index (χ3n) is 0. The second-order valence-electron chi connectivity index (χ2n) is 0. The van der Waals surface area contributed by atoms with Crippen LogP contribution in [0.2, 0.25) is 0 Å². The molecule has 0 aliphatic carbocycles. The average molecular weight is 375 g/mol. The second-order valence-corrected chi connectivity index (χ2v) is 0. The smallest absolute Gasteiger partial charge is 2.00 e. The van der Waals surface area contributed by atoms with Gasteiger partial charge in [0.25, 0.3) is 0 Å². The molecule has 0 amide bonds. The van der Waals surface area contributed by atoms with E-state index in [1.165, 1.54) is 0 Å². The van der Waals surface area contributed by atoms with E-state index in [1.807, 2.05) is 0 Å². The molecule has 0 saturated heterocycles. The second kappa shape index (κ2) is 18.4. The van der Waals surface area contributed by atoms with Crippen molar-refractivity contribution in [3.05, 3.63) is 0 Å². The SMILES string of the molecule is [Hf].[In].[O-2].[Zn+2]. The minimum atomic E-state index is 0. The normalized spacial score (nSPS) is 0. The van der Waals surface area contributed by atoms with E-state index in [0.29, 0.717) is 0 Å². The molecule has 0 heterocycles. The van der Waals surface area contributed by atoms with Crippen LogP contribution >= 0.6 is 0 Å². The maximum Gasteiger partial charge on any atom is 2.00 e. The Morgan fingerprint density at radius 3 is 1.00 bits per heavy atom. The van der Waals surface area contributed by atoms with Crippen molar-refractivity contribution < 1.29 is 50.8 Å². The largest absolute Gasteiger partial charge is 2.00 e. The molecule has 0 aromatic carbocycles. The average Bonchev–Trinajstić information content (AvgIpc) is 0. The predicted octanol–water partition coefficient (Wildman–Crippen LogP) is -0.505. The third kappa shape index (κ3) is 8.85. The van der Waals surface area contributed by atoms with Crippen molar-refractivity contribution in [1.82, 2.24) is 0 Å². The Hall–Kier alpha value is 2.32. The number of hydrogen-bond acceptors (Lipinski definition) is 0. The van der Waals surface area contributed by atoms with E-state index < -0.39 is 0 Å². The fourth-order valence-corrected chi connectivity index (χ4v) is 0. The quantitative estimate of drug-likeness (QED) is 0.511. The molecule has 0 aliphatic rings. The van der Waals surface area contributed by atoms with Gasteiger partial charge < -0.3 is 5.48 Å². The van der Waals surface area contributed by atoms with Crippen molar-refractivity contribution in [2.24, 2.45) is 0 Å². The van der Waals surface area contributed by atoms with Crippen LogP contribution in [0, 0.1) is 0 Å². The molecule has 15 valence electrons. The molecule has 0 rings (SSSR count). The minimum Gasteiger partial charge on any atom is -2.00 e. The van der Waals surface area contributed by atoms with Gasteiger partial charge in [-0.25, -0.2) is 0 Å². The van der Waals surface area contributed by atoms with Crippen LogP contribution in [0.5, 0.6) is 0 Å². The van der Waals surface area contributed by atoms with Gasteiger partial charge in [0.1, 0.15) is 0 Å². The van der Waals surface area contributed by atoms with Crippen LogP contribution in [0.1, 0.15) is 0 Å². The zero-order valence-electron chi connectivity index (χ0n) is 2.19. The Bertz CT molecular complexity index is 8.00. The van der Waals surface area contributed by atoms with Crippen LogP contribution in [0.25, 0.3) is 0 Å². The Kier molecular flexibility index (Phi) is 153. The third-order valence-corrected chi connectivity index (χ3v) is 0. The van der Waals surface area contributed by atoms with Gasteiger partial charge in [-0.2, -0.15) is 0 Å². The minimum absolute atomic E-state index is 0. The van der Waals surface area contributed by atoms with Crippen LogP contribution in [0.15, 0.2) is 0 Å². The summed E-state index contributed by atoms with van der Waals surface area (Å²) >= 11 is 0. The van der Waals surface area contributed by atoms with Gasteiger partial charge >= 0.3 is 19.5 Å². The molecule has 0 N–H and O–H groups in total. The summed E-state index contributed by atoms with van der Waals surface area (Å²) in [5, 5.41) is 0. The first-order valence-corrected chi connectivity index (χ1v) is 0. The number of hydrogen-bond donors (Lipinski definition) is 0. The molecule has 0 aromatic heterocycles. The molecule has 0 aliphatic heterocycles. The van der Waals surface area contributed by atoms with Gasteiger partial charge in [-0.05, 0) is 0 Å². The summed E-state index contributed by atoms with van der Waals surface area (Å²) in [4.78, 5) is 0. The van der Waals surface area contributed by atoms with Gasteiger partial charge in [0, 0.05) is 51.7 Å². The molecule has 0 unspecified atom stereocenters. The van der Waals surface area contributed by atoms with Crippen LogP contribution < -0.4 is 0 Å². The molecule has 3 radical (unpaired) electrons. The van der Waals surface area contributed by atoms with Crippen molar-refractivity contribution in [2.75, 3.05) is 0 Å². The summed E-state index contributed by atoms with van der Waals surface area (Å²) < 4.78 is 0. The van der Waals surface area contributed by atoms with E-state index in [9.17, 15) is 0 Å². The molecule has 0 spiro atoms. The summed E-state index contributed by atoms with van der Waals surface area (Å²) in [6, 6.07) is 0. The zero-order chi connectivity index (χ0) is 0. The van der Waals surface area contributed by atoms with Crippen molar-refractivity contribution in [2.45, 2.75) is 0 Å². The molecule has 1 nitrogen and oxygen atoms in total. The predicted molar refractivity (Wildman–Crippen MR) is 6.44 cm³/mol. The maximum absolute atomic E-state index is 0. The molecule has 4 heavy (non-hydrogen) atoms. The van der Waals surface area contributed by atoms with Gasteiger partial charge in [-0.1, -0.05) is 0 Å². The monoisotopic (exact) mass is 375 g/mol. The van der Waals surface area contributed by atoms with Crippen LogP contribution in [0.3, 0.4) is 0 Å². The van der Waals surface area contributed by atoms with Crippen molar-refractivity contribution in [3.8, 4) is 0 Å². The maximum atomic E-state index is 0. The van der Waals surface area contributed by atoms with Gasteiger partial charge in [0.05, 0.1) is 0 Å². The van der Waals surface area contributed by atoms with Crippen molar-refractivity contribution in [1.29, 1.82) is 0 Å². The fourth-order valence-electron chi connectivity index (χ4n) is 0.